The van der Waals surface area contributed by atoms with Crippen molar-refractivity contribution in [1.29, 1.82) is 0 Å². The molecule has 0 aliphatic carbocycles. The Balaban J connectivity index is 3.98. The molecule has 0 spiro atoms. The van der Waals surface area contributed by atoms with Crippen molar-refractivity contribution in [2.75, 3.05) is 13.7 Å². The summed E-state index contributed by atoms with van der Waals surface area (Å²) in [5.41, 5.74) is 5.31. The van der Waals surface area contributed by atoms with E-state index in [9.17, 15) is 9.59 Å². The van der Waals surface area contributed by atoms with Gasteiger partial charge in [0.25, 0.3) is 0 Å². The van der Waals surface area contributed by atoms with E-state index < -0.39 is 12.0 Å². The largest absolute Gasteiger partial charge is 0.467 e. The predicted octanol–water partition coefficient (Wildman–Crippen LogP) is -0.351. The third-order valence-electron chi connectivity index (χ3n) is 1.96. The van der Waals surface area contributed by atoms with Crippen LogP contribution >= 0.6 is 0 Å². The Morgan fingerprint density at radius 3 is 2.43 bits per heavy atom. The molecular formula is C9H18N2O3. The second-order valence-electron chi connectivity index (χ2n) is 3.23. The van der Waals surface area contributed by atoms with Crippen LogP contribution in [0.4, 0.5) is 0 Å². The van der Waals surface area contributed by atoms with Crippen LogP contribution in [0, 0.1) is 5.92 Å². The van der Waals surface area contributed by atoms with E-state index in [4.69, 9.17) is 5.73 Å². The number of methoxy groups -OCH3 is 1. The van der Waals surface area contributed by atoms with E-state index in [-0.39, 0.29) is 11.8 Å². The number of nitrogens with one attached hydrogen (secondary N) is 1. The van der Waals surface area contributed by atoms with Gasteiger partial charge in [-0.15, -0.1) is 0 Å². The minimum Gasteiger partial charge on any atom is -0.467 e. The first kappa shape index (κ1) is 12.9. The van der Waals surface area contributed by atoms with E-state index in [0.717, 1.165) is 0 Å². The summed E-state index contributed by atoms with van der Waals surface area (Å²) < 4.78 is 4.47. The summed E-state index contributed by atoms with van der Waals surface area (Å²) in [5.74, 6) is -0.793. The summed E-state index contributed by atoms with van der Waals surface area (Å²) >= 11 is 0. The fourth-order valence-electron chi connectivity index (χ4n) is 0.972. The molecule has 0 aliphatic heterocycles. The van der Waals surface area contributed by atoms with Crippen molar-refractivity contribution in [3.63, 3.8) is 0 Å². The van der Waals surface area contributed by atoms with Gasteiger partial charge >= 0.3 is 5.97 Å². The minimum absolute atomic E-state index is 0.173. The fraction of sp³-hybridized carbons (Fsp3) is 0.778. The average molecular weight is 202 g/mol. The average Bonchev–Trinajstić information content (AvgIpc) is 2.16. The van der Waals surface area contributed by atoms with Gasteiger partial charge in [-0.05, 0) is 19.9 Å². The molecule has 5 heteroatoms. The van der Waals surface area contributed by atoms with Crippen LogP contribution in [0.25, 0.3) is 0 Å². The van der Waals surface area contributed by atoms with Crippen molar-refractivity contribution in [3.05, 3.63) is 0 Å². The number of amides is 1. The third kappa shape index (κ3) is 4.23. The summed E-state index contributed by atoms with van der Waals surface area (Å²) in [6, 6.07) is -0.604. The molecule has 14 heavy (non-hydrogen) atoms. The van der Waals surface area contributed by atoms with Gasteiger partial charge in [0.05, 0.1) is 7.11 Å². The maximum absolute atomic E-state index is 11.4. The highest BCUT2D eigenvalue weighted by Crippen LogP contribution is 2.00. The molecule has 0 aromatic rings. The van der Waals surface area contributed by atoms with Crippen molar-refractivity contribution < 1.29 is 14.3 Å². The van der Waals surface area contributed by atoms with E-state index in [0.29, 0.717) is 13.0 Å². The molecule has 0 aromatic carbocycles. The molecule has 2 atom stereocenters. The number of nitrogens with two attached hydrogens (primary N) is 1. The molecule has 1 unspecified atom stereocenters. The Hall–Kier alpha value is -1.10. The van der Waals surface area contributed by atoms with Gasteiger partial charge < -0.3 is 15.8 Å². The number of carbonyl (C=O) groups excluding carboxylic acids is 2. The molecule has 3 N–H and O–H groups in total. The molecule has 82 valence electrons. The van der Waals surface area contributed by atoms with Crippen LogP contribution in [0.1, 0.15) is 20.3 Å². The van der Waals surface area contributed by atoms with E-state index in [1.165, 1.54) is 7.11 Å². The van der Waals surface area contributed by atoms with Crippen molar-refractivity contribution in [2.45, 2.75) is 26.3 Å². The Kier molecular flexibility index (Phi) is 5.87. The number of rotatable bonds is 5. The van der Waals surface area contributed by atoms with Gasteiger partial charge in [0.2, 0.25) is 5.91 Å². The maximum atomic E-state index is 11.4. The molecule has 0 aromatic heterocycles. The molecule has 0 saturated carbocycles. The molecule has 0 fully saturated rings. The molecule has 0 radical (unpaired) electrons. The molecule has 0 rings (SSSR count). The number of carbonyl (C=O) groups is 2. The standard InChI is InChI=1S/C9H18N2O3/c1-6(4-5-10)8(12)11-7(2)9(13)14-3/h6-7H,4-5,10H2,1-3H3,(H,11,12)/t6?,7-/m0/s1. The van der Waals surface area contributed by atoms with Gasteiger partial charge in [-0.25, -0.2) is 4.79 Å². The summed E-state index contributed by atoms with van der Waals surface area (Å²) in [6.07, 6.45) is 0.611. The van der Waals surface area contributed by atoms with Crippen LogP contribution in [0.3, 0.4) is 0 Å². The van der Waals surface area contributed by atoms with Crippen LogP contribution < -0.4 is 11.1 Å². The molecule has 1 amide bonds. The first-order valence-corrected chi connectivity index (χ1v) is 4.61. The minimum atomic E-state index is -0.604. The molecular weight excluding hydrogens is 184 g/mol. The normalized spacial score (nSPS) is 14.3. The van der Waals surface area contributed by atoms with Gasteiger partial charge in [-0.2, -0.15) is 0 Å². The molecule has 5 nitrogen and oxygen atoms in total. The molecule has 0 bridgehead atoms. The van der Waals surface area contributed by atoms with Crippen LogP contribution in [0.5, 0.6) is 0 Å². The van der Waals surface area contributed by atoms with Crippen molar-refractivity contribution in [2.24, 2.45) is 11.7 Å². The lowest BCUT2D eigenvalue weighted by Gasteiger charge is -2.15. The zero-order valence-electron chi connectivity index (χ0n) is 8.87. The zero-order valence-corrected chi connectivity index (χ0v) is 8.87. The summed E-state index contributed by atoms with van der Waals surface area (Å²) in [6.45, 7) is 3.81. The van der Waals surface area contributed by atoms with Crippen molar-refractivity contribution in [3.8, 4) is 0 Å². The monoisotopic (exact) mass is 202 g/mol. The highest BCUT2D eigenvalue weighted by Gasteiger charge is 2.19. The van der Waals surface area contributed by atoms with Crippen LogP contribution in [0.2, 0.25) is 0 Å². The first-order chi connectivity index (χ1) is 6.52. The first-order valence-electron chi connectivity index (χ1n) is 4.61. The summed E-state index contributed by atoms with van der Waals surface area (Å²) in [5, 5.41) is 2.55. The highest BCUT2D eigenvalue weighted by molar-refractivity contribution is 5.85. The van der Waals surface area contributed by atoms with Gasteiger partial charge in [-0.3, -0.25) is 4.79 Å². The summed E-state index contributed by atoms with van der Waals surface area (Å²) in [4.78, 5) is 22.4. The Bertz CT molecular complexity index is 206. The Morgan fingerprint density at radius 1 is 1.43 bits per heavy atom. The second kappa shape index (κ2) is 6.37. The molecule has 0 aliphatic rings. The van der Waals surface area contributed by atoms with Gasteiger partial charge in [0, 0.05) is 5.92 Å². The predicted molar refractivity (Wildman–Crippen MR) is 52.5 cm³/mol. The SMILES string of the molecule is COC(=O)[C@H](C)NC(=O)C(C)CCN. The van der Waals surface area contributed by atoms with Gasteiger partial charge in [0.1, 0.15) is 6.04 Å². The van der Waals surface area contributed by atoms with E-state index in [1.54, 1.807) is 13.8 Å². The lowest BCUT2D eigenvalue weighted by Crippen LogP contribution is -2.42. The number of hydrogen-bond acceptors (Lipinski definition) is 4. The number of hydrogen-bond donors (Lipinski definition) is 2. The molecule has 0 saturated heterocycles. The van der Waals surface area contributed by atoms with Crippen LogP contribution in [-0.4, -0.2) is 31.6 Å². The molecule has 0 heterocycles. The Morgan fingerprint density at radius 2 is 2.00 bits per heavy atom. The van der Waals surface area contributed by atoms with Gasteiger partial charge in [0.15, 0.2) is 0 Å². The number of esters is 1. The second-order valence-corrected chi connectivity index (χ2v) is 3.23. The van der Waals surface area contributed by atoms with Crippen molar-refractivity contribution >= 4 is 11.9 Å². The smallest absolute Gasteiger partial charge is 0.328 e. The summed E-state index contributed by atoms with van der Waals surface area (Å²) in [7, 11) is 1.29. The van der Waals surface area contributed by atoms with E-state index in [2.05, 4.69) is 10.1 Å². The number of ether oxygens (including phenoxy) is 1. The lowest BCUT2D eigenvalue weighted by molar-refractivity contribution is -0.145. The highest BCUT2D eigenvalue weighted by atomic mass is 16.5. The Labute approximate surface area is 84.0 Å². The third-order valence-corrected chi connectivity index (χ3v) is 1.96. The van der Waals surface area contributed by atoms with Crippen LogP contribution in [-0.2, 0) is 14.3 Å². The van der Waals surface area contributed by atoms with E-state index in [1.807, 2.05) is 0 Å². The van der Waals surface area contributed by atoms with E-state index >= 15 is 0 Å². The lowest BCUT2D eigenvalue weighted by atomic mass is 10.1. The quantitative estimate of drug-likeness (QED) is 0.597. The zero-order chi connectivity index (χ0) is 11.1. The maximum Gasteiger partial charge on any atom is 0.328 e. The van der Waals surface area contributed by atoms with Crippen LogP contribution in [0.15, 0.2) is 0 Å². The topological polar surface area (TPSA) is 81.4 Å². The fourth-order valence-corrected chi connectivity index (χ4v) is 0.972. The van der Waals surface area contributed by atoms with Crippen molar-refractivity contribution in [1.82, 2.24) is 5.32 Å². The van der Waals surface area contributed by atoms with Gasteiger partial charge in [-0.1, -0.05) is 6.92 Å².